The lowest BCUT2D eigenvalue weighted by atomic mass is 10.1. The van der Waals surface area contributed by atoms with Gasteiger partial charge in [0.05, 0.1) is 6.04 Å². The van der Waals surface area contributed by atoms with Gasteiger partial charge in [0.2, 0.25) is 5.91 Å². The molecule has 2 saturated heterocycles. The molecule has 1 amide bonds. The number of carbonyl (C=O) groups excluding carboxylic acids is 1. The van der Waals surface area contributed by atoms with Crippen LogP contribution in [0.5, 0.6) is 0 Å². The molecular weight excluding hydrogens is 348 g/mol. The molecule has 1 aromatic rings. The molecule has 6 heteroatoms. The van der Waals surface area contributed by atoms with Crippen LogP contribution in [0.2, 0.25) is 5.02 Å². The van der Waals surface area contributed by atoms with E-state index < -0.39 is 0 Å². The number of piperazine rings is 1. The summed E-state index contributed by atoms with van der Waals surface area (Å²) in [5.41, 5.74) is 1.20. The third-order valence-corrected chi connectivity index (χ3v) is 5.86. The SMILES string of the molecule is CC(C(=O)NCCN1CCCCC1)N1CCN(c2ccc(Cl)cc2)CC1. The molecule has 2 heterocycles. The Morgan fingerprint density at radius 3 is 2.35 bits per heavy atom. The number of nitrogens with one attached hydrogen (secondary N) is 1. The van der Waals surface area contributed by atoms with Crippen LogP contribution in [-0.2, 0) is 4.79 Å². The van der Waals surface area contributed by atoms with Gasteiger partial charge in [-0.1, -0.05) is 18.0 Å². The largest absolute Gasteiger partial charge is 0.369 e. The fourth-order valence-electron chi connectivity index (χ4n) is 3.85. The lowest BCUT2D eigenvalue weighted by molar-refractivity contribution is -0.126. The molecule has 0 radical (unpaired) electrons. The fourth-order valence-corrected chi connectivity index (χ4v) is 3.98. The normalized spacial score (nSPS) is 20.8. The molecule has 2 aliphatic rings. The summed E-state index contributed by atoms with van der Waals surface area (Å²) in [5.74, 6) is 0.155. The quantitative estimate of drug-likeness (QED) is 0.825. The molecule has 0 aliphatic carbocycles. The lowest BCUT2D eigenvalue weighted by Crippen LogP contribution is -2.54. The van der Waals surface area contributed by atoms with E-state index in [0.29, 0.717) is 0 Å². The van der Waals surface area contributed by atoms with Crippen molar-refractivity contribution in [1.29, 1.82) is 0 Å². The van der Waals surface area contributed by atoms with Gasteiger partial charge in [-0.3, -0.25) is 9.69 Å². The first-order valence-corrected chi connectivity index (χ1v) is 10.3. The Bertz CT molecular complexity index is 566. The molecule has 144 valence electrons. The standard InChI is InChI=1S/C20H31ClN4O/c1-17(20(26)22-9-12-23-10-3-2-4-11-23)24-13-15-25(16-14-24)19-7-5-18(21)6-8-19/h5-8,17H,2-4,9-16H2,1H3,(H,22,26). The number of nitrogens with zero attached hydrogens (tertiary/aromatic N) is 3. The van der Waals surface area contributed by atoms with E-state index in [9.17, 15) is 4.79 Å². The maximum atomic E-state index is 12.5. The van der Waals surface area contributed by atoms with Gasteiger partial charge in [0.1, 0.15) is 0 Å². The minimum absolute atomic E-state index is 0.0660. The van der Waals surface area contributed by atoms with Crippen LogP contribution in [0, 0.1) is 0 Å². The van der Waals surface area contributed by atoms with Crippen LogP contribution in [0.1, 0.15) is 26.2 Å². The summed E-state index contributed by atoms with van der Waals surface area (Å²) in [4.78, 5) is 19.6. The second-order valence-corrected chi connectivity index (χ2v) is 7.81. The van der Waals surface area contributed by atoms with E-state index in [-0.39, 0.29) is 11.9 Å². The Morgan fingerprint density at radius 1 is 1.04 bits per heavy atom. The van der Waals surface area contributed by atoms with E-state index in [1.807, 2.05) is 19.1 Å². The summed E-state index contributed by atoms with van der Waals surface area (Å²) >= 11 is 5.97. The van der Waals surface area contributed by atoms with Gasteiger partial charge in [0.25, 0.3) is 0 Å². The lowest BCUT2D eigenvalue weighted by Gasteiger charge is -2.38. The highest BCUT2D eigenvalue weighted by Crippen LogP contribution is 2.20. The van der Waals surface area contributed by atoms with Gasteiger partial charge in [-0.05, 0) is 57.1 Å². The highest BCUT2D eigenvalue weighted by Gasteiger charge is 2.25. The Labute approximate surface area is 162 Å². The summed E-state index contributed by atoms with van der Waals surface area (Å²) in [6, 6.07) is 7.93. The zero-order valence-electron chi connectivity index (χ0n) is 15.8. The van der Waals surface area contributed by atoms with Crippen molar-refractivity contribution in [1.82, 2.24) is 15.1 Å². The monoisotopic (exact) mass is 378 g/mol. The molecule has 1 atom stereocenters. The molecule has 26 heavy (non-hydrogen) atoms. The van der Waals surface area contributed by atoms with Crippen molar-refractivity contribution in [2.75, 3.05) is 57.3 Å². The van der Waals surface area contributed by atoms with Crippen LogP contribution < -0.4 is 10.2 Å². The van der Waals surface area contributed by atoms with Crippen molar-refractivity contribution < 1.29 is 4.79 Å². The Hall–Kier alpha value is -1.30. The number of carbonyl (C=O) groups is 1. The third-order valence-electron chi connectivity index (χ3n) is 5.61. The minimum atomic E-state index is -0.0660. The molecule has 0 bridgehead atoms. The van der Waals surface area contributed by atoms with Gasteiger partial charge >= 0.3 is 0 Å². The molecule has 1 aromatic carbocycles. The van der Waals surface area contributed by atoms with Crippen LogP contribution in [-0.4, -0.2) is 74.1 Å². The van der Waals surface area contributed by atoms with Crippen molar-refractivity contribution in [2.45, 2.75) is 32.2 Å². The first-order valence-electron chi connectivity index (χ1n) is 9.88. The Kier molecular flexibility index (Phi) is 7.17. The number of amides is 1. The maximum Gasteiger partial charge on any atom is 0.237 e. The second-order valence-electron chi connectivity index (χ2n) is 7.37. The molecule has 1 unspecified atom stereocenters. The van der Waals surface area contributed by atoms with Gasteiger partial charge in [0, 0.05) is 50.0 Å². The molecule has 0 aromatic heterocycles. The smallest absolute Gasteiger partial charge is 0.237 e. The van der Waals surface area contributed by atoms with Gasteiger partial charge in [0.15, 0.2) is 0 Å². The molecule has 3 rings (SSSR count). The molecule has 0 saturated carbocycles. The zero-order valence-corrected chi connectivity index (χ0v) is 16.5. The number of anilines is 1. The summed E-state index contributed by atoms with van der Waals surface area (Å²) < 4.78 is 0. The maximum absolute atomic E-state index is 12.5. The third kappa shape index (κ3) is 5.35. The summed E-state index contributed by atoms with van der Waals surface area (Å²) in [6.07, 6.45) is 3.94. The highest BCUT2D eigenvalue weighted by atomic mass is 35.5. The van der Waals surface area contributed by atoms with E-state index in [0.717, 1.165) is 44.3 Å². The van der Waals surface area contributed by atoms with Crippen LogP contribution in [0.15, 0.2) is 24.3 Å². The highest BCUT2D eigenvalue weighted by molar-refractivity contribution is 6.30. The second kappa shape index (κ2) is 9.58. The van der Waals surface area contributed by atoms with Crippen molar-refractivity contribution >= 4 is 23.2 Å². The molecular formula is C20H31ClN4O. The van der Waals surface area contributed by atoms with Crippen LogP contribution in [0.3, 0.4) is 0 Å². The van der Waals surface area contributed by atoms with Crippen molar-refractivity contribution in [2.24, 2.45) is 0 Å². The topological polar surface area (TPSA) is 38.8 Å². The van der Waals surface area contributed by atoms with E-state index in [1.54, 1.807) is 0 Å². The van der Waals surface area contributed by atoms with E-state index in [1.165, 1.54) is 38.0 Å². The summed E-state index contributed by atoms with van der Waals surface area (Å²) in [7, 11) is 0. The van der Waals surface area contributed by atoms with E-state index in [4.69, 9.17) is 11.6 Å². The van der Waals surface area contributed by atoms with Crippen LogP contribution in [0.4, 0.5) is 5.69 Å². The number of likely N-dealkylation sites (tertiary alicyclic amines) is 1. The number of benzene rings is 1. The number of hydrogen-bond donors (Lipinski definition) is 1. The van der Waals surface area contributed by atoms with Gasteiger partial charge in [-0.15, -0.1) is 0 Å². The number of halogens is 1. The number of hydrogen-bond acceptors (Lipinski definition) is 4. The summed E-state index contributed by atoms with van der Waals surface area (Å²) in [5, 5.41) is 3.89. The van der Waals surface area contributed by atoms with E-state index in [2.05, 4.69) is 32.1 Å². The minimum Gasteiger partial charge on any atom is -0.369 e. The van der Waals surface area contributed by atoms with Gasteiger partial charge in [-0.2, -0.15) is 0 Å². The van der Waals surface area contributed by atoms with Crippen molar-refractivity contribution in [3.63, 3.8) is 0 Å². The average molecular weight is 379 g/mol. The molecule has 2 aliphatic heterocycles. The van der Waals surface area contributed by atoms with Gasteiger partial charge < -0.3 is 15.1 Å². The van der Waals surface area contributed by atoms with Crippen molar-refractivity contribution in [3.8, 4) is 0 Å². The molecule has 2 fully saturated rings. The zero-order chi connectivity index (χ0) is 18.4. The molecule has 5 nitrogen and oxygen atoms in total. The first kappa shape index (κ1) is 19.5. The number of rotatable bonds is 6. The predicted octanol–water partition coefficient (Wildman–Crippen LogP) is 2.45. The first-order chi connectivity index (χ1) is 12.6. The Balaban J connectivity index is 1.38. The fraction of sp³-hybridized carbons (Fsp3) is 0.650. The van der Waals surface area contributed by atoms with Crippen LogP contribution in [0.25, 0.3) is 0 Å². The molecule has 0 spiro atoms. The van der Waals surface area contributed by atoms with Crippen LogP contribution >= 0.6 is 11.6 Å². The van der Waals surface area contributed by atoms with E-state index >= 15 is 0 Å². The van der Waals surface area contributed by atoms with Gasteiger partial charge in [-0.25, -0.2) is 0 Å². The molecule has 1 N–H and O–H groups in total. The van der Waals surface area contributed by atoms with Crippen molar-refractivity contribution in [3.05, 3.63) is 29.3 Å². The predicted molar refractivity (Wildman–Crippen MR) is 108 cm³/mol. The summed E-state index contributed by atoms with van der Waals surface area (Å²) in [6.45, 7) is 9.80. The number of piperidine rings is 1. The average Bonchev–Trinajstić information content (AvgIpc) is 2.69. The Morgan fingerprint density at radius 2 is 1.69 bits per heavy atom.